The van der Waals surface area contributed by atoms with Crippen LogP contribution in [0, 0.1) is 17.5 Å². The number of nitrogens with zero attached hydrogens (tertiary/aromatic N) is 1. The van der Waals surface area contributed by atoms with E-state index in [4.69, 9.17) is 4.74 Å². The van der Waals surface area contributed by atoms with E-state index in [1.807, 2.05) is 0 Å². The molecular formula is C15H21F3N2O2. The summed E-state index contributed by atoms with van der Waals surface area (Å²) < 4.78 is 44.4. The molecule has 0 unspecified atom stereocenters. The molecule has 1 rings (SSSR count). The predicted molar refractivity (Wildman–Crippen MR) is 76.9 cm³/mol. The van der Waals surface area contributed by atoms with Gasteiger partial charge in [0.1, 0.15) is 11.4 Å². The Hall–Kier alpha value is -1.76. The van der Waals surface area contributed by atoms with Crippen LogP contribution in [0.25, 0.3) is 0 Å². The summed E-state index contributed by atoms with van der Waals surface area (Å²) in [4.78, 5) is 13.1. The van der Waals surface area contributed by atoms with Gasteiger partial charge in [-0.05, 0) is 26.8 Å². The molecule has 4 nitrogen and oxygen atoms in total. The van der Waals surface area contributed by atoms with Gasteiger partial charge in [-0.15, -0.1) is 0 Å². The molecule has 0 saturated heterocycles. The van der Waals surface area contributed by atoms with Crippen LogP contribution in [-0.2, 0) is 11.3 Å². The van der Waals surface area contributed by atoms with Crippen molar-refractivity contribution >= 4 is 6.09 Å². The molecule has 1 N–H and O–H groups in total. The molecule has 124 valence electrons. The number of carbonyl (C=O) groups excluding carboxylic acids is 1. The molecule has 0 fully saturated rings. The number of rotatable bonds is 5. The molecule has 0 saturated carbocycles. The van der Waals surface area contributed by atoms with Crippen molar-refractivity contribution in [2.45, 2.75) is 32.9 Å². The number of halogens is 3. The Labute approximate surface area is 128 Å². The Morgan fingerprint density at radius 2 is 1.77 bits per heavy atom. The Morgan fingerprint density at radius 1 is 1.18 bits per heavy atom. The van der Waals surface area contributed by atoms with Crippen LogP contribution in [-0.4, -0.2) is 36.7 Å². The molecule has 22 heavy (non-hydrogen) atoms. The van der Waals surface area contributed by atoms with Crippen molar-refractivity contribution in [1.29, 1.82) is 0 Å². The highest BCUT2D eigenvalue weighted by atomic mass is 19.2. The van der Waals surface area contributed by atoms with Gasteiger partial charge in [-0.2, -0.15) is 0 Å². The van der Waals surface area contributed by atoms with Crippen LogP contribution < -0.4 is 5.32 Å². The average molecular weight is 318 g/mol. The lowest BCUT2D eigenvalue weighted by atomic mass is 10.2. The minimum Gasteiger partial charge on any atom is -0.444 e. The summed E-state index contributed by atoms with van der Waals surface area (Å²) in [6.45, 7) is 6.02. The lowest BCUT2D eigenvalue weighted by Crippen LogP contribution is -2.37. The maximum Gasteiger partial charge on any atom is 0.410 e. The number of nitrogens with one attached hydrogen (secondary N) is 1. The summed E-state index contributed by atoms with van der Waals surface area (Å²) >= 11 is 0. The van der Waals surface area contributed by atoms with Crippen LogP contribution in [0.5, 0.6) is 0 Å². The second kappa shape index (κ2) is 7.49. The number of hydrogen-bond acceptors (Lipinski definition) is 3. The molecule has 0 aliphatic rings. The van der Waals surface area contributed by atoms with Crippen LogP contribution in [0.2, 0.25) is 0 Å². The highest BCUT2D eigenvalue weighted by molar-refractivity contribution is 5.67. The summed E-state index contributed by atoms with van der Waals surface area (Å²) in [5.74, 6) is -3.12. The maximum atomic E-state index is 13.4. The van der Waals surface area contributed by atoms with Gasteiger partial charge in [0.25, 0.3) is 0 Å². The van der Waals surface area contributed by atoms with Gasteiger partial charge in [-0.25, -0.2) is 18.0 Å². The van der Waals surface area contributed by atoms with Crippen LogP contribution >= 0.6 is 0 Å². The zero-order valence-corrected chi connectivity index (χ0v) is 13.2. The Kier molecular flexibility index (Phi) is 6.22. The van der Waals surface area contributed by atoms with Crippen LogP contribution in [0.15, 0.2) is 12.1 Å². The van der Waals surface area contributed by atoms with Crippen molar-refractivity contribution in [3.05, 3.63) is 35.1 Å². The van der Waals surface area contributed by atoms with Crippen molar-refractivity contribution in [1.82, 2.24) is 10.2 Å². The Bertz CT molecular complexity index is 530. The standard InChI is InChI=1S/C15H21F3N2O2/c1-15(2,3)22-14(21)20(4)6-5-19-9-10-7-12(17)13(18)8-11(10)16/h7-8,19H,5-6,9H2,1-4H3. The molecule has 7 heteroatoms. The summed E-state index contributed by atoms with van der Waals surface area (Å²) in [6.07, 6.45) is -0.465. The first kappa shape index (κ1) is 18.3. The maximum absolute atomic E-state index is 13.4. The summed E-state index contributed by atoms with van der Waals surface area (Å²) in [5.41, 5.74) is -0.549. The molecule has 0 radical (unpaired) electrons. The number of benzene rings is 1. The molecule has 0 bridgehead atoms. The van der Waals surface area contributed by atoms with Crippen LogP contribution in [0.1, 0.15) is 26.3 Å². The SMILES string of the molecule is CN(CCNCc1cc(F)c(F)cc1F)C(=O)OC(C)(C)C. The highest BCUT2D eigenvalue weighted by Gasteiger charge is 2.19. The number of ether oxygens (including phenoxy) is 1. The van der Waals surface area contributed by atoms with E-state index in [9.17, 15) is 18.0 Å². The summed E-state index contributed by atoms with van der Waals surface area (Å²) in [6, 6.07) is 1.33. The van der Waals surface area contributed by atoms with Gasteiger partial charge in [-0.1, -0.05) is 0 Å². The van der Waals surface area contributed by atoms with Crippen molar-refractivity contribution in [2.24, 2.45) is 0 Å². The first-order valence-electron chi connectivity index (χ1n) is 6.88. The zero-order valence-electron chi connectivity index (χ0n) is 13.2. The fourth-order valence-electron chi connectivity index (χ4n) is 1.60. The molecule has 1 amide bonds. The number of amides is 1. The second-order valence-electron chi connectivity index (χ2n) is 5.94. The first-order valence-corrected chi connectivity index (χ1v) is 6.88. The van der Waals surface area contributed by atoms with Gasteiger partial charge in [-0.3, -0.25) is 0 Å². The lowest BCUT2D eigenvalue weighted by molar-refractivity contribution is 0.0300. The van der Waals surface area contributed by atoms with Crippen LogP contribution in [0.4, 0.5) is 18.0 Å². The van der Waals surface area contributed by atoms with E-state index in [1.54, 1.807) is 27.8 Å². The molecule has 0 spiro atoms. The van der Waals surface area contributed by atoms with Crippen molar-refractivity contribution < 1.29 is 22.7 Å². The van der Waals surface area contributed by atoms with Crippen molar-refractivity contribution in [3.8, 4) is 0 Å². The third kappa shape index (κ3) is 5.93. The number of hydrogen-bond donors (Lipinski definition) is 1. The molecule has 0 atom stereocenters. The monoisotopic (exact) mass is 318 g/mol. The van der Waals surface area contributed by atoms with E-state index in [0.29, 0.717) is 19.2 Å². The van der Waals surface area contributed by atoms with Gasteiger partial charge in [0.2, 0.25) is 0 Å². The summed E-state index contributed by atoms with van der Waals surface area (Å²) in [7, 11) is 1.58. The fraction of sp³-hybridized carbons (Fsp3) is 0.533. The topological polar surface area (TPSA) is 41.6 Å². The van der Waals surface area contributed by atoms with E-state index in [0.717, 1.165) is 6.07 Å². The third-order valence-electron chi connectivity index (χ3n) is 2.73. The normalized spacial score (nSPS) is 11.4. The van der Waals surface area contributed by atoms with E-state index in [2.05, 4.69) is 5.32 Å². The van der Waals surface area contributed by atoms with Gasteiger partial charge >= 0.3 is 6.09 Å². The average Bonchev–Trinajstić information content (AvgIpc) is 2.37. The Morgan fingerprint density at radius 3 is 2.36 bits per heavy atom. The van der Waals surface area contributed by atoms with Crippen LogP contribution in [0.3, 0.4) is 0 Å². The molecule has 0 aromatic heterocycles. The molecule has 1 aromatic rings. The highest BCUT2D eigenvalue weighted by Crippen LogP contribution is 2.13. The van der Waals surface area contributed by atoms with E-state index in [1.165, 1.54) is 4.90 Å². The van der Waals surface area contributed by atoms with E-state index in [-0.39, 0.29) is 12.1 Å². The fourth-order valence-corrected chi connectivity index (χ4v) is 1.60. The largest absolute Gasteiger partial charge is 0.444 e. The molecule has 1 aromatic carbocycles. The van der Waals surface area contributed by atoms with Crippen molar-refractivity contribution in [3.63, 3.8) is 0 Å². The van der Waals surface area contributed by atoms with Crippen molar-refractivity contribution in [2.75, 3.05) is 20.1 Å². The minimum atomic E-state index is -1.22. The predicted octanol–water partition coefficient (Wildman–Crippen LogP) is 3.06. The van der Waals surface area contributed by atoms with Gasteiger partial charge in [0.15, 0.2) is 11.6 Å². The summed E-state index contributed by atoms with van der Waals surface area (Å²) in [5, 5.41) is 2.86. The zero-order chi connectivity index (χ0) is 16.9. The molecule has 0 heterocycles. The minimum absolute atomic E-state index is 0.0267. The second-order valence-corrected chi connectivity index (χ2v) is 5.94. The smallest absolute Gasteiger partial charge is 0.410 e. The van der Waals surface area contributed by atoms with Gasteiger partial charge < -0.3 is 15.0 Å². The van der Waals surface area contributed by atoms with Gasteiger partial charge in [0, 0.05) is 38.3 Å². The lowest BCUT2D eigenvalue weighted by Gasteiger charge is -2.24. The molecule has 0 aliphatic carbocycles. The number of carbonyl (C=O) groups is 1. The van der Waals surface area contributed by atoms with E-state index >= 15 is 0 Å². The first-order chi connectivity index (χ1) is 10.1. The van der Waals surface area contributed by atoms with E-state index < -0.39 is 29.1 Å². The Balaban J connectivity index is 2.39. The molecular weight excluding hydrogens is 297 g/mol. The number of likely N-dealkylation sites (N-methyl/N-ethyl adjacent to an activating group) is 1. The molecule has 0 aliphatic heterocycles. The third-order valence-corrected chi connectivity index (χ3v) is 2.73. The van der Waals surface area contributed by atoms with Gasteiger partial charge in [0.05, 0.1) is 0 Å². The quantitative estimate of drug-likeness (QED) is 0.670.